The van der Waals surface area contributed by atoms with E-state index in [0.29, 0.717) is 24.0 Å². The smallest absolute Gasteiger partial charge is 0.254 e. The van der Waals surface area contributed by atoms with Crippen molar-refractivity contribution in [3.63, 3.8) is 0 Å². The molecule has 1 aromatic carbocycles. The van der Waals surface area contributed by atoms with Gasteiger partial charge < -0.3 is 10.6 Å². The molecule has 0 fully saturated rings. The minimum atomic E-state index is -0.233. The van der Waals surface area contributed by atoms with E-state index in [1.165, 1.54) is 18.0 Å². The Morgan fingerprint density at radius 3 is 2.35 bits per heavy atom. The fourth-order valence-corrected chi connectivity index (χ4v) is 2.37. The van der Waals surface area contributed by atoms with E-state index in [0.717, 1.165) is 11.4 Å². The van der Waals surface area contributed by atoms with Crippen LogP contribution in [0.4, 0.5) is 11.6 Å². The van der Waals surface area contributed by atoms with E-state index < -0.39 is 0 Å². The first-order valence-electron chi connectivity index (χ1n) is 8.49. The molecule has 1 amide bonds. The molecule has 26 heavy (non-hydrogen) atoms. The maximum Gasteiger partial charge on any atom is 0.254 e. The molecule has 2 heterocycles. The zero-order valence-corrected chi connectivity index (χ0v) is 14.8. The quantitative estimate of drug-likeness (QED) is 0.711. The van der Waals surface area contributed by atoms with Gasteiger partial charge in [-0.3, -0.25) is 9.78 Å². The summed E-state index contributed by atoms with van der Waals surface area (Å²) in [6.45, 7) is 4.67. The van der Waals surface area contributed by atoms with Gasteiger partial charge in [0, 0.05) is 24.3 Å². The summed E-state index contributed by atoms with van der Waals surface area (Å²) in [5, 5.41) is 5.93. The Hall–Kier alpha value is -3.28. The average Bonchev–Trinajstić information content (AvgIpc) is 2.68. The molecule has 2 aromatic heterocycles. The van der Waals surface area contributed by atoms with Crippen LogP contribution in [0.1, 0.15) is 41.4 Å². The molecule has 0 spiro atoms. The highest BCUT2D eigenvalue weighted by atomic mass is 16.1. The summed E-state index contributed by atoms with van der Waals surface area (Å²) >= 11 is 0. The maximum atomic E-state index is 12.1. The van der Waals surface area contributed by atoms with Crippen LogP contribution in [-0.4, -0.2) is 20.9 Å². The number of nitrogens with one attached hydrogen (secondary N) is 2. The van der Waals surface area contributed by atoms with E-state index >= 15 is 0 Å². The van der Waals surface area contributed by atoms with Crippen molar-refractivity contribution in [2.24, 2.45) is 0 Å². The van der Waals surface area contributed by atoms with Crippen LogP contribution >= 0.6 is 0 Å². The average molecular weight is 347 g/mol. The Labute approximate surface area is 152 Å². The SMILES string of the molecule is CC(C)c1ccc(Nc2ncc(C(=O)NCc3ccccn3)cn2)cc1. The van der Waals surface area contributed by atoms with Crippen molar-refractivity contribution in [2.75, 3.05) is 5.32 Å². The van der Waals surface area contributed by atoms with Crippen LogP contribution in [0.15, 0.2) is 61.1 Å². The van der Waals surface area contributed by atoms with Crippen molar-refractivity contribution in [3.8, 4) is 0 Å². The zero-order valence-electron chi connectivity index (χ0n) is 14.8. The number of aromatic nitrogens is 3. The number of hydrogen-bond acceptors (Lipinski definition) is 5. The van der Waals surface area contributed by atoms with Crippen molar-refractivity contribution in [2.45, 2.75) is 26.3 Å². The number of pyridine rings is 1. The Bertz CT molecular complexity index is 846. The largest absolute Gasteiger partial charge is 0.346 e. The summed E-state index contributed by atoms with van der Waals surface area (Å²) in [6, 6.07) is 13.7. The second kappa shape index (κ2) is 8.20. The summed E-state index contributed by atoms with van der Waals surface area (Å²) < 4.78 is 0. The van der Waals surface area contributed by atoms with Gasteiger partial charge in [0.2, 0.25) is 5.95 Å². The Morgan fingerprint density at radius 1 is 1.00 bits per heavy atom. The molecule has 0 aliphatic heterocycles. The molecule has 0 unspecified atom stereocenters. The number of carbonyl (C=O) groups excluding carboxylic acids is 1. The lowest BCUT2D eigenvalue weighted by atomic mass is 10.0. The van der Waals surface area contributed by atoms with Gasteiger partial charge in [0.1, 0.15) is 0 Å². The van der Waals surface area contributed by atoms with Crippen LogP contribution in [0.2, 0.25) is 0 Å². The van der Waals surface area contributed by atoms with Gasteiger partial charge in [-0.2, -0.15) is 0 Å². The molecule has 132 valence electrons. The van der Waals surface area contributed by atoms with Crippen molar-refractivity contribution in [1.29, 1.82) is 0 Å². The normalized spacial score (nSPS) is 10.6. The van der Waals surface area contributed by atoms with Gasteiger partial charge in [-0.1, -0.05) is 32.0 Å². The molecule has 3 rings (SSSR count). The minimum absolute atomic E-state index is 0.233. The molecule has 0 aliphatic rings. The summed E-state index contributed by atoms with van der Waals surface area (Å²) in [5.41, 5.74) is 3.38. The first kappa shape index (κ1) is 17.5. The van der Waals surface area contributed by atoms with E-state index in [2.05, 4.69) is 51.6 Å². The number of anilines is 2. The first-order valence-corrected chi connectivity index (χ1v) is 8.49. The van der Waals surface area contributed by atoms with E-state index in [-0.39, 0.29) is 5.91 Å². The molecular weight excluding hydrogens is 326 g/mol. The standard InChI is InChI=1S/C20H21N5O/c1-14(2)15-6-8-17(9-7-15)25-20-23-11-16(12-24-20)19(26)22-13-18-5-3-4-10-21-18/h3-12,14H,13H2,1-2H3,(H,22,26)(H,23,24,25). The molecule has 0 radical (unpaired) electrons. The monoisotopic (exact) mass is 347 g/mol. The lowest BCUT2D eigenvalue weighted by molar-refractivity contribution is 0.0949. The van der Waals surface area contributed by atoms with E-state index in [1.807, 2.05) is 30.3 Å². The third-order valence-corrected chi connectivity index (χ3v) is 3.90. The second-order valence-corrected chi connectivity index (χ2v) is 6.20. The van der Waals surface area contributed by atoms with Gasteiger partial charge in [0.25, 0.3) is 5.91 Å². The topological polar surface area (TPSA) is 79.8 Å². The first-order chi connectivity index (χ1) is 12.6. The van der Waals surface area contributed by atoms with Crippen molar-refractivity contribution >= 4 is 17.5 Å². The van der Waals surface area contributed by atoms with E-state index in [9.17, 15) is 4.79 Å². The highest BCUT2D eigenvalue weighted by molar-refractivity contribution is 5.93. The number of hydrogen-bond donors (Lipinski definition) is 2. The van der Waals surface area contributed by atoms with E-state index in [1.54, 1.807) is 6.20 Å². The number of nitrogens with zero attached hydrogens (tertiary/aromatic N) is 3. The van der Waals surface area contributed by atoms with E-state index in [4.69, 9.17) is 0 Å². The summed E-state index contributed by atoms with van der Waals surface area (Å²) in [7, 11) is 0. The van der Waals surface area contributed by atoms with Crippen LogP contribution in [0.3, 0.4) is 0 Å². The molecular formula is C20H21N5O. The van der Waals surface area contributed by atoms with Crippen molar-refractivity contribution < 1.29 is 4.79 Å². The number of amides is 1. The number of benzene rings is 1. The van der Waals surface area contributed by atoms with Gasteiger partial charge in [-0.25, -0.2) is 9.97 Å². The molecule has 0 bridgehead atoms. The molecule has 0 saturated carbocycles. The lowest BCUT2D eigenvalue weighted by Crippen LogP contribution is -2.23. The minimum Gasteiger partial charge on any atom is -0.346 e. The summed E-state index contributed by atoms with van der Waals surface area (Å²) in [5.74, 6) is 0.705. The fourth-order valence-electron chi connectivity index (χ4n) is 2.37. The molecule has 0 atom stereocenters. The maximum absolute atomic E-state index is 12.1. The van der Waals surface area contributed by atoms with Crippen LogP contribution in [0.5, 0.6) is 0 Å². The van der Waals surface area contributed by atoms with Crippen molar-refractivity contribution in [3.05, 3.63) is 77.9 Å². The predicted octanol–water partition coefficient (Wildman–Crippen LogP) is 3.67. The second-order valence-electron chi connectivity index (χ2n) is 6.20. The fraction of sp³-hybridized carbons (Fsp3) is 0.200. The molecule has 2 N–H and O–H groups in total. The Kier molecular flexibility index (Phi) is 5.53. The number of rotatable bonds is 6. The highest BCUT2D eigenvalue weighted by Crippen LogP contribution is 2.18. The van der Waals surface area contributed by atoms with Crippen LogP contribution < -0.4 is 10.6 Å². The molecule has 0 aliphatic carbocycles. The molecule has 3 aromatic rings. The molecule has 6 heteroatoms. The van der Waals surface area contributed by atoms with Crippen LogP contribution in [0.25, 0.3) is 0 Å². The van der Waals surface area contributed by atoms with Gasteiger partial charge >= 0.3 is 0 Å². The Balaban J connectivity index is 1.58. The van der Waals surface area contributed by atoms with Gasteiger partial charge in [0.05, 0.1) is 17.8 Å². The van der Waals surface area contributed by atoms with Gasteiger partial charge in [0.15, 0.2) is 0 Å². The zero-order chi connectivity index (χ0) is 18.4. The third-order valence-electron chi connectivity index (χ3n) is 3.90. The van der Waals surface area contributed by atoms with Gasteiger partial charge in [-0.05, 0) is 35.7 Å². The van der Waals surface area contributed by atoms with Crippen LogP contribution in [-0.2, 0) is 6.54 Å². The van der Waals surface area contributed by atoms with Gasteiger partial charge in [-0.15, -0.1) is 0 Å². The summed E-state index contributed by atoms with van der Waals surface area (Å²) in [4.78, 5) is 24.7. The summed E-state index contributed by atoms with van der Waals surface area (Å²) in [6.07, 6.45) is 4.70. The Morgan fingerprint density at radius 2 is 1.73 bits per heavy atom. The molecule has 6 nitrogen and oxygen atoms in total. The lowest BCUT2D eigenvalue weighted by Gasteiger charge is -2.09. The third kappa shape index (κ3) is 4.63. The number of carbonyl (C=O) groups is 1. The molecule has 0 saturated heterocycles. The predicted molar refractivity (Wildman–Crippen MR) is 101 cm³/mol. The van der Waals surface area contributed by atoms with Crippen molar-refractivity contribution in [1.82, 2.24) is 20.3 Å². The highest BCUT2D eigenvalue weighted by Gasteiger charge is 2.08. The van der Waals surface area contributed by atoms with Crippen LogP contribution in [0, 0.1) is 0 Å².